The Kier molecular flexibility index (Phi) is 9.63. The summed E-state index contributed by atoms with van der Waals surface area (Å²) in [5, 5.41) is 16.3. The van der Waals surface area contributed by atoms with Gasteiger partial charge >= 0.3 is 51.4 Å². The van der Waals surface area contributed by atoms with Crippen LogP contribution in [0, 0.1) is 5.41 Å². The fourth-order valence-electron chi connectivity index (χ4n) is 1.49. The van der Waals surface area contributed by atoms with Crippen LogP contribution in [0.5, 0.6) is 0 Å². The number of aromatic nitrogens is 3. The second-order valence-corrected chi connectivity index (χ2v) is 4.35. The van der Waals surface area contributed by atoms with Crippen LogP contribution >= 0.6 is 18.8 Å². The maximum atomic E-state index is 8.10. The summed E-state index contributed by atoms with van der Waals surface area (Å²) in [5.74, 6) is 0.770. The molecular weight excluding hydrogens is 303 g/mol. The molecule has 5 nitrogen and oxygen atoms in total. The van der Waals surface area contributed by atoms with E-state index in [1.54, 1.807) is 23.9 Å². The largest absolute Gasteiger partial charge is 1.00 e. The van der Waals surface area contributed by atoms with E-state index in [0.29, 0.717) is 5.71 Å². The van der Waals surface area contributed by atoms with Gasteiger partial charge in [0.1, 0.15) is 0 Å². The Balaban J connectivity index is 0.00000103. The van der Waals surface area contributed by atoms with E-state index >= 15 is 0 Å². The molecule has 2 atom stereocenters. The molecule has 0 bridgehead atoms. The molecule has 2 aromatic rings. The molecule has 19 heavy (non-hydrogen) atoms. The molecule has 0 radical (unpaired) electrons. The van der Waals surface area contributed by atoms with E-state index in [1.165, 1.54) is 0 Å². The van der Waals surface area contributed by atoms with E-state index in [9.17, 15) is 0 Å². The first-order valence-electron chi connectivity index (χ1n) is 5.58. The molecule has 2 rings (SSSR count). The van der Waals surface area contributed by atoms with Gasteiger partial charge in [0.25, 0.3) is 0 Å². The first-order valence-corrected chi connectivity index (χ1v) is 6.62. The van der Waals surface area contributed by atoms with Gasteiger partial charge in [-0.05, 0) is 20.8 Å². The summed E-state index contributed by atoms with van der Waals surface area (Å²) in [6.07, 6.45) is 5.31. The van der Waals surface area contributed by atoms with Crippen molar-refractivity contribution in [1.82, 2.24) is 13.9 Å². The van der Waals surface area contributed by atoms with Crippen molar-refractivity contribution in [2.24, 2.45) is 0 Å². The molecular formula is C11H18KN5P2. The summed E-state index contributed by atoms with van der Waals surface area (Å²) in [4.78, 5) is 0. The Morgan fingerprint density at radius 1 is 1.37 bits per heavy atom. The van der Waals surface area contributed by atoms with E-state index in [0.717, 1.165) is 16.9 Å². The van der Waals surface area contributed by atoms with Gasteiger partial charge in [0.15, 0.2) is 0 Å². The minimum atomic E-state index is 0. The average molecular weight is 321 g/mol. The Morgan fingerprint density at radius 3 is 2.47 bits per heavy atom. The normalized spacial score (nSPS) is 9.11. The molecule has 1 N–H and O–H groups in total. The first kappa shape index (κ1) is 19.5. The van der Waals surface area contributed by atoms with Crippen LogP contribution in [-0.4, -0.2) is 26.6 Å². The van der Waals surface area contributed by atoms with Crippen LogP contribution in [0.1, 0.15) is 25.0 Å². The molecule has 2 aromatic heterocycles. The van der Waals surface area contributed by atoms with Gasteiger partial charge in [-0.1, -0.05) is 33.2 Å². The van der Waals surface area contributed by atoms with Crippen LogP contribution in [0.3, 0.4) is 0 Å². The Bertz CT molecular complexity index is 535. The molecule has 8 heteroatoms. The zero-order valence-corrected chi connectivity index (χ0v) is 17.2. The van der Waals surface area contributed by atoms with Crippen molar-refractivity contribution < 1.29 is 51.4 Å². The van der Waals surface area contributed by atoms with Gasteiger partial charge in [-0.2, -0.15) is 5.10 Å². The molecule has 0 saturated carbocycles. The molecule has 0 aliphatic rings. The van der Waals surface area contributed by atoms with Crippen molar-refractivity contribution >= 4 is 30.3 Å². The Labute approximate surface area is 161 Å². The smallest absolute Gasteiger partial charge is 0.468 e. The van der Waals surface area contributed by atoms with Crippen LogP contribution in [-0.2, 0) is 0 Å². The number of hydrogen-bond donors (Lipinski definition) is 1. The number of hydrogen-bond acceptors (Lipinski definition) is 2. The van der Waals surface area contributed by atoms with Crippen LogP contribution in [0.2, 0.25) is 0 Å². The van der Waals surface area contributed by atoms with Crippen LogP contribution in [0.25, 0.3) is 5.32 Å². The monoisotopic (exact) mass is 321 g/mol. The van der Waals surface area contributed by atoms with Gasteiger partial charge < -0.3 is 9.65 Å². The SMILES string of the molecule is CC.C[N-]c1c(C(=N)c2cnn(P)c2)ccn1P.[K+]. The first-order chi connectivity index (χ1) is 8.63. The molecule has 0 saturated heterocycles. The van der Waals surface area contributed by atoms with Gasteiger partial charge in [-0.3, -0.25) is 9.86 Å². The topological polar surface area (TPSA) is 60.7 Å². The fourth-order valence-corrected chi connectivity index (χ4v) is 2.06. The van der Waals surface area contributed by atoms with Gasteiger partial charge in [0.05, 0.1) is 11.9 Å². The average Bonchev–Trinajstić information content (AvgIpc) is 2.97. The van der Waals surface area contributed by atoms with Crippen LogP contribution in [0.4, 0.5) is 5.82 Å². The minimum absolute atomic E-state index is 0. The summed E-state index contributed by atoms with van der Waals surface area (Å²) in [6, 6.07) is 1.87. The zero-order chi connectivity index (χ0) is 13.7. The molecule has 98 valence electrons. The molecule has 0 aliphatic heterocycles. The number of nitrogens with zero attached hydrogens (tertiary/aromatic N) is 4. The fraction of sp³-hybridized carbons (Fsp3) is 0.273. The molecule has 0 aromatic carbocycles. The van der Waals surface area contributed by atoms with Crippen LogP contribution < -0.4 is 51.4 Å². The van der Waals surface area contributed by atoms with Crippen LogP contribution in [0.15, 0.2) is 24.7 Å². The van der Waals surface area contributed by atoms with Crippen molar-refractivity contribution in [3.8, 4) is 0 Å². The third kappa shape index (κ3) is 4.74. The summed E-state index contributed by atoms with van der Waals surface area (Å²) in [7, 11) is 6.69. The Hall–Kier alpha value is 0.456. The van der Waals surface area contributed by atoms with E-state index in [4.69, 9.17) is 5.41 Å². The quantitative estimate of drug-likeness (QED) is 0.484. The maximum absolute atomic E-state index is 8.10. The van der Waals surface area contributed by atoms with E-state index in [-0.39, 0.29) is 51.4 Å². The van der Waals surface area contributed by atoms with Crippen molar-refractivity contribution in [2.45, 2.75) is 13.8 Å². The summed E-state index contributed by atoms with van der Waals surface area (Å²) >= 11 is 0. The summed E-state index contributed by atoms with van der Waals surface area (Å²) < 4.78 is 3.42. The summed E-state index contributed by atoms with van der Waals surface area (Å²) in [6.45, 7) is 4.00. The second-order valence-electron chi connectivity index (χ2n) is 3.27. The third-order valence-electron chi connectivity index (χ3n) is 2.26. The molecule has 0 fully saturated rings. The van der Waals surface area contributed by atoms with Crippen molar-refractivity contribution in [3.63, 3.8) is 0 Å². The molecule has 0 spiro atoms. The number of rotatable bonds is 3. The van der Waals surface area contributed by atoms with Crippen molar-refractivity contribution in [3.05, 3.63) is 41.1 Å². The van der Waals surface area contributed by atoms with Gasteiger partial charge in [0.2, 0.25) is 0 Å². The predicted molar refractivity (Wildman–Crippen MR) is 83.1 cm³/mol. The number of nitrogens with one attached hydrogen (secondary N) is 1. The van der Waals surface area contributed by atoms with Gasteiger partial charge in [-0.25, -0.2) is 0 Å². The zero-order valence-electron chi connectivity index (χ0n) is 11.8. The Morgan fingerprint density at radius 2 is 2.00 bits per heavy atom. The van der Waals surface area contributed by atoms with E-state index < -0.39 is 0 Å². The predicted octanol–water partition coefficient (Wildman–Crippen LogP) is 0.0424. The molecule has 0 aliphatic carbocycles. The minimum Gasteiger partial charge on any atom is -0.468 e. The summed E-state index contributed by atoms with van der Waals surface area (Å²) in [5.41, 5.74) is 2.00. The van der Waals surface area contributed by atoms with E-state index in [1.807, 2.05) is 30.4 Å². The molecule has 2 unspecified atom stereocenters. The second kappa shape index (κ2) is 9.40. The standard InChI is InChI=1S/C9H12N5P2.C2H6.K/c1-11-9-7(2-3-13(9)15)8(10)6-4-12-14(16)5-6;1-2;/h2-5,10H,15-16H2,1H3;1-2H3;/q-1;;+1. The van der Waals surface area contributed by atoms with Gasteiger partial charge in [0, 0.05) is 11.8 Å². The van der Waals surface area contributed by atoms with Crippen molar-refractivity contribution in [2.75, 3.05) is 7.05 Å². The third-order valence-corrected chi connectivity index (χ3v) is 2.96. The van der Waals surface area contributed by atoms with Crippen molar-refractivity contribution in [1.29, 1.82) is 5.41 Å². The maximum Gasteiger partial charge on any atom is 1.00 e. The van der Waals surface area contributed by atoms with Gasteiger partial charge in [-0.15, -0.1) is 9.39 Å². The molecule has 0 amide bonds. The van der Waals surface area contributed by atoms with E-state index in [2.05, 4.69) is 29.2 Å². The molecule has 2 heterocycles.